The van der Waals surface area contributed by atoms with Crippen LogP contribution in [-0.4, -0.2) is 117 Å². The lowest BCUT2D eigenvalue weighted by atomic mass is 9.99. The Hall–Kier alpha value is -0.0900. The number of fused-ring (bicyclic) bond motifs is 3. The first-order valence-corrected chi connectivity index (χ1v) is 11.9. The highest BCUT2D eigenvalue weighted by Crippen LogP contribution is 2.44. The number of hydrogen-bond acceptors (Lipinski definition) is 12. The highest BCUT2D eigenvalue weighted by molar-refractivity contribution is 7.99. The van der Waals surface area contributed by atoms with Gasteiger partial charge in [0, 0.05) is 0 Å². The number of hydrogen-bond donors (Lipinski definition) is 5. The molecule has 12 heteroatoms. The van der Waals surface area contributed by atoms with Gasteiger partial charge in [-0.1, -0.05) is 6.92 Å². The molecule has 10 atom stereocenters. The quantitative estimate of drug-likeness (QED) is 0.239. The van der Waals surface area contributed by atoms with E-state index in [4.69, 9.17) is 33.5 Å². The fraction of sp³-hybridized carbons (Fsp3) is 1.00. The summed E-state index contributed by atoms with van der Waals surface area (Å²) in [6, 6.07) is 0. The predicted octanol–water partition coefficient (Wildman–Crippen LogP) is -1.09. The molecular weight excluding hydrogens is 448 g/mol. The standard InChI is InChI=1S/C20H36O11S/c1-6-32-18(13(25)12(24)11(23)9(22)7-21)26-8-10-14-15(29-19(2,3)28-14)16-17(27-10)31-20(4,5)30-16/h9-18,21-25H,6-8H2,1-5H3/t9-,10+,11-,12-,13+,14-,15-,16+,17+,18+/m0/s1. The van der Waals surface area contributed by atoms with E-state index in [1.165, 1.54) is 11.8 Å². The van der Waals surface area contributed by atoms with Gasteiger partial charge < -0.3 is 54.0 Å². The van der Waals surface area contributed by atoms with E-state index in [0.29, 0.717) is 5.75 Å². The molecule has 0 unspecified atom stereocenters. The minimum atomic E-state index is -1.74. The average molecular weight is 485 g/mol. The van der Waals surface area contributed by atoms with Gasteiger partial charge in [0.2, 0.25) is 0 Å². The van der Waals surface area contributed by atoms with Crippen LogP contribution >= 0.6 is 11.8 Å². The highest BCUT2D eigenvalue weighted by atomic mass is 32.2. The molecule has 0 aliphatic carbocycles. The molecule has 0 amide bonds. The van der Waals surface area contributed by atoms with E-state index >= 15 is 0 Å². The Morgan fingerprint density at radius 1 is 0.844 bits per heavy atom. The molecule has 5 N–H and O–H groups in total. The van der Waals surface area contributed by atoms with Gasteiger partial charge in [-0.2, -0.15) is 0 Å². The lowest BCUT2D eigenvalue weighted by molar-refractivity contribution is -0.246. The summed E-state index contributed by atoms with van der Waals surface area (Å²) in [4.78, 5) is 0. The first kappa shape index (κ1) is 26.5. The topological polar surface area (TPSA) is 157 Å². The largest absolute Gasteiger partial charge is 0.394 e. The first-order chi connectivity index (χ1) is 14.9. The van der Waals surface area contributed by atoms with Crippen molar-refractivity contribution in [3.63, 3.8) is 0 Å². The van der Waals surface area contributed by atoms with E-state index < -0.39 is 78.7 Å². The van der Waals surface area contributed by atoms with Crippen molar-refractivity contribution in [1.82, 2.24) is 0 Å². The summed E-state index contributed by atoms with van der Waals surface area (Å²) >= 11 is 1.21. The number of aliphatic hydroxyl groups excluding tert-OH is 5. The summed E-state index contributed by atoms with van der Waals surface area (Å²) in [5, 5.41) is 49.3. The van der Waals surface area contributed by atoms with Gasteiger partial charge in [0.15, 0.2) is 17.9 Å². The zero-order valence-electron chi connectivity index (χ0n) is 19.0. The van der Waals surface area contributed by atoms with E-state index in [0.717, 1.165) is 0 Å². The van der Waals surface area contributed by atoms with Crippen LogP contribution in [0.3, 0.4) is 0 Å². The maximum absolute atomic E-state index is 10.6. The summed E-state index contributed by atoms with van der Waals surface area (Å²) < 4.78 is 35.9. The number of rotatable bonds is 10. The smallest absolute Gasteiger partial charge is 0.190 e. The molecule has 0 aromatic carbocycles. The molecule has 32 heavy (non-hydrogen) atoms. The maximum Gasteiger partial charge on any atom is 0.190 e. The zero-order chi connectivity index (χ0) is 23.8. The van der Waals surface area contributed by atoms with Crippen molar-refractivity contribution in [3.8, 4) is 0 Å². The van der Waals surface area contributed by atoms with Gasteiger partial charge in [0.1, 0.15) is 54.3 Å². The summed E-state index contributed by atoms with van der Waals surface area (Å²) in [5.74, 6) is -1.16. The first-order valence-electron chi connectivity index (χ1n) is 10.8. The van der Waals surface area contributed by atoms with Crippen LogP contribution in [0.1, 0.15) is 34.6 Å². The molecular formula is C20H36O11S. The Bertz CT molecular complexity index is 620. The van der Waals surface area contributed by atoms with Crippen molar-refractivity contribution in [2.24, 2.45) is 0 Å². The van der Waals surface area contributed by atoms with E-state index in [2.05, 4.69) is 0 Å². The minimum absolute atomic E-state index is 0.0201. The van der Waals surface area contributed by atoms with Gasteiger partial charge in [0.05, 0.1) is 13.2 Å². The van der Waals surface area contributed by atoms with E-state index in [1.54, 1.807) is 27.7 Å². The molecule has 0 bridgehead atoms. The Kier molecular flexibility index (Phi) is 8.50. The number of ether oxygens (including phenoxy) is 6. The fourth-order valence-electron chi connectivity index (χ4n) is 4.13. The molecule has 0 aromatic rings. The van der Waals surface area contributed by atoms with Crippen molar-refractivity contribution in [2.75, 3.05) is 19.0 Å². The molecule has 3 saturated heterocycles. The molecule has 3 aliphatic heterocycles. The van der Waals surface area contributed by atoms with Crippen LogP contribution in [-0.2, 0) is 28.4 Å². The summed E-state index contributed by atoms with van der Waals surface area (Å²) in [5.41, 5.74) is -0.942. The summed E-state index contributed by atoms with van der Waals surface area (Å²) in [6.45, 7) is 8.23. The van der Waals surface area contributed by atoms with E-state index in [-0.39, 0.29) is 6.61 Å². The van der Waals surface area contributed by atoms with Crippen molar-refractivity contribution in [2.45, 2.75) is 107 Å². The van der Waals surface area contributed by atoms with Crippen molar-refractivity contribution < 1.29 is 54.0 Å². The molecule has 0 saturated carbocycles. The molecule has 3 heterocycles. The lowest BCUT2D eigenvalue weighted by Gasteiger charge is -2.38. The Morgan fingerprint density at radius 3 is 2.06 bits per heavy atom. The van der Waals surface area contributed by atoms with Crippen LogP contribution < -0.4 is 0 Å². The molecule has 11 nitrogen and oxygen atoms in total. The molecule has 3 rings (SSSR count). The van der Waals surface area contributed by atoms with Crippen molar-refractivity contribution in [3.05, 3.63) is 0 Å². The number of thioether (sulfide) groups is 1. The molecule has 3 fully saturated rings. The predicted molar refractivity (Wildman–Crippen MR) is 112 cm³/mol. The van der Waals surface area contributed by atoms with Gasteiger partial charge in [0.25, 0.3) is 0 Å². The fourth-order valence-corrected chi connectivity index (χ4v) is 4.99. The van der Waals surface area contributed by atoms with Crippen LogP contribution in [0.5, 0.6) is 0 Å². The summed E-state index contributed by atoms with van der Waals surface area (Å²) in [6.07, 6.45) is -9.35. The molecule has 0 radical (unpaired) electrons. The molecule has 3 aliphatic rings. The minimum Gasteiger partial charge on any atom is -0.394 e. The van der Waals surface area contributed by atoms with Crippen LogP contribution in [0.2, 0.25) is 0 Å². The van der Waals surface area contributed by atoms with Gasteiger partial charge >= 0.3 is 0 Å². The highest BCUT2D eigenvalue weighted by Gasteiger charge is 2.60. The zero-order valence-corrected chi connectivity index (χ0v) is 19.8. The van der Waals surface area contributed by atoms with Crippen LogP contribution in [0.4, 0.5) is 0 Å². The van der Waals surface area contributed by atoms with Crippen molar-refractivity contribution >= 4 is 11.8 Å². The monoisotopic (exact) mass is 484 g/mol. The SMILES string of the molecule is CCS[C@@H](OC[C@H]1O[C@@H]2OC(C)(C)O[C@@H]2[C@H]2OC(C)(C)O[C@H]21)[C@H](O)[C@@H](O)[C@@H](O)[C@@H](O)CO. The van der Waals surface area contributed by atoms with Crippen LogP contribution in [0, 0.1) is 0 Å². The summed E-state index contributed by atoms with van der Waals surface area (Å²) in [7, 11) is 0. The van der Waals surface area contributed by atoms with Crippen LogP contribution in [0.15, 0.2) is 0 Å². The van der Waals surface area contributed by atoms with E-state index in [1.807, 2.05) is 6.92 Å². The third-order valence-electron chi connectivity index (χ3n) is 5.57. The van der Waals surface area contributed by atoms with Gasteiger partial charge in [-0.25, -0.2) is 0 Å². The normalized spacial score (nSPS) is 37.9. The average Bonchev–Trinajstić information content (AvgIpc) is 3.22. The Morgan fingerprint density at radius 2 is 1.44 bits per heavy atom. The van der Waals surface area contributed by atoms with Gasteiger partial charge in [-0.15, -0.1) is 11.8 Å². The Labute approximate surface area is 191 Å². The second-order valence-electron chi connectivity index (χ2n) is 9.09. The van der Waals surface area contributed by atoms with Gasteiger partial charge in [-0.05, 0) is 33.4 Å². The third kappa shape index (κ3) is 5.75. The third-order valence-corrected chi connectivity index (χ3v) is 6.64. The maximum atomic E-state index is 10.6. The second kappa shape index (κ2) is 10.3. The van der Waals surface area contributed by atoms with Crippen LogP contribution in [0.25, 0.3) is 0 Å². The number of aliphatic hydroxyl groups is 5. The molecule has 0 aromatic heterocycles. The van der Waals surface area contributed by atoms with E-state index in [9.17, 15) is 20.4 Å². The Balaban J connectivity index is 1.69. The lowest BCUT2D eigenvalue weighted by Crippen LogP contribution is -2.57. The molecule has 0 spiro atoms. The molecule has 188 valence electrons. The second-order valence-corrected chi connectivity index (χ2v) is 10.5. The van der Waals surface area contributed by atoms with Gasteiger partial charge in [-0.3, -0.25) is 0 Å². The van der Waals surface area contributed by atoms with Crippen molar-refractivity contribution in [1.29, 1.82) is 0 Å².